The van der Waals surface area contributed by atoms with Crippen LogP contribution >= 0.6 is 0 Å². The Bertz CT molecular complexity index is 1110. The van der Waals surface area contributed by atoms with E-state index >= 15 is 0 Å². The lowest BCUT2D eigenvalue weighted by Gasteiger charge is -2.07. The van der Waals surface area contributed by atoms with E-state index in [0.717, 1.165) is 11.1 Å². The number of halogens is 1. The van der Waals surface area contributed by atoms with Crippen molar-refractivity contribution < 1.29 is 4.39 Å². The predicted octanol–water partition coefficient (Wildman–Crippen LogP) is 3.08. The summed E-state index contributed by atoms with van der Waals surface area (Å²) in [7, 11) is 0. The first-order valence-corrected chi connectivity index (χ1v) is 7.86. The number of hydrogen-bond acceptors (Lipinski definition) is 3. The minimum Gasteiger partial charge on any atom is -0.294 e. The summed E-state index contributed by atoms with van der Waals surface area (Å²) in [4.78, 5) is 17.1. The summed E-state index contributed by atoms with van der Waals surface area (Å²) < 4.78 is 16.2. The molecule has 0 fully saturated rings. The molecule has 5 nitrogen and oxygen atoms in total. The van der Waals surface area contributed by atoms with Crippen molar-refractivity contribution in [1.29, 1.82) is 0 Å². The average Bonchev–Trinajstić information content (AvgIpc) is 3.03. The van der Waals surface area contributed by atoms with Crippen molar-refractivity contribution in [3.05, 3.63) is 88.4 Å². The molecule has 0 amide bonds. The molecule has 2 aromatic heterocycles. The van der Waals surface area contributed by atoms with Gasteiger partial charge in [0.05, 0.1) is 18.4 Å². The van der Waals surface area contributed by atoms with Crippen molar-refractivity contribution in [2.45, 2.75) is 13.5 Å². The fourth-order valence-corrected chi connectivity index (χ4v) is 2.84. The van der Waals surface area contributed by atoms with Crippen molar-refractivity contribution in [3.8, 4) is 5.69 Å². The van der Waals surface area contributed by atoms with Gasteiger partial charge < -0.3 is 0 Å². The number of rotatable bonds is 3. The van der Waals surface area contributed by atoms with Crippen LogP contribution in [-0.4, -0.2) is 19.3 Å². The minimum absolute atomic E-state index is 0.153. The van der Waals surface area contributed by atoms with E-state index in [0.29, 0.717) is 23.3 Å². The predicted molar refractivity (Wildman–Crippen MR) is 93.4 cm³/mol. The van der Waals surface area contributed by atoms with E-state index in [1.807, 2.05) is 31.2 Å². The van der Waals surface area contributed by atoms with Gasteiger partial charge in [-0.25, -0.2) is 14.1 Å². The lowest BCUT2D eigenvalue weighted by molar-refractivity contribution is 0.627. The molecule has 25 heavy (non-hydrogen) atoms. The second-order valence-electron chi connectivity index (χ2n) is 5.94. The Morgan fingerprint density at radius 1 is 1.12 bits per heavy atom. The van der Waals surface area contributed by atoms with Crippen LogP contribution in [0.25, 0.3) is 16.7 Å². The van der Waals surface area contributed by atoms with E-state index in [2.05, 4.69) is 10.1 Å². The zero-order valence-electron chi connectivity index (χ0n) is 13.6. The molecule has 0 saturated heterocycles. The fourth-order valence-electron chi connectivity index (χ4n) is 2.84. The van der Waals surface area contributed by atoms with Gasteiger partial charge in [0.25, 0.3) is 5.56 Å². The van der Waals surface area contributed by atoms with Gasteiger partial charge in [0, 0.05) is 0 Å². The summed E-state index contributed by atoms with van der Waals surface area (Å²) >= 11 is 0. The van der Waals surface area contributed by atoms with E-state index in [9.17, 15) is 9.18 Å². The number of fused-ring (bicyclic) bond motifs is 1. The van der Waals surface area contributed by atoms with Gasteiger partial charge in [-0.15, -0.1) is 0 Å². The van der Waals surface area contributed by atoms with Gasteiger partial charge in [-0.2, -0.15) is 5.10 Å². The number of nitrogens with zero attached hydrogens (tertiary/aromatic N) is 4. The lowest BCUT2D eigenvalue weighted by atomic mass is 10.1. The summed E-state index contributed by atoms with van der Waals surface area (Å²) in [6.07, 6.45) is 3.02. The normalized spacial score (nSPS) is 11.1. The summed E-state index contributed by atoms with van der Waals surface area (Å²) in [6.45, 7) is 2.46. The second-order valence-corrected chi connectivity index (χ2v) is 5.94. The van der Waals surface area contributed by atoms with Gasteiger partial charge >= 0.3 is 0 Å². The maximum absolute atomic E-state index is 13.1. The van der Waals surface area contributed by atoms with Crippen LogP contribution in [0.3, 0.4) is 0 Å². The maximum Gasteiger partial charge on any atom is 0.264 e. The third kappa shape index (κ3) is 2.82. The van der Waals surface area contributed by atoms with Crippen LogP contribution in [-0.2, 0) is 6.54 Å². The molecule has 0 aliphatic carbocycles. The van der Waals surface area contributed by atoms with Gasteiger partial charge in [-0.1, -0.05) is 29.8 Å². The van der Waals surface area contributed by atoms with E-state index in [1.54, 1.807) is 16.7 Å². The molecule has 2 heterocycles. The molecular formula is C19H15FN4O. The van der Waals surface area contributed by atoms with Crippen LogP contribution in [0.2, 0.25) is 0 Å². The van der Waals surface area contributed by atoms with Gasteiger partial charge in [0.1, 0.15) is 17.5 Å². The van der Waals surface area contributed by atoms with Crippen molar-refractivity contribution >= 4 is 11.0 Å². The molecule has 0 saturated carbocycles. The molecule has 0 unspecified atom stereocenters. The highest BCUT2D eigenvalue weighted by atomic mass is 19.1. The third-order valence-electron chi connectivity index (χ3n) is 4.06. The summed E-state index contributed by atoms with van der Waals surface area (Å²) in [6, 6.07) is 13.9. The highest BCUT2D eigenvalue weighted by Gasteiger charge is 2.11. The first-order chi connectivity index (χ1) is 12.1. The molecule has 4 aromatic rings. The Kier molecular flexibility index (Phi) is 3.65. The number of hydrogen-bond donors (Lipinski definition) is 0. The Morgan fingerprint density at radius 3 is 2.68 bits per heavy atom. The molecule has 4 rings (SSSR count). The zero-order valence-corrected chi connectivity index (χ0v) is 13.6. The fraction of sp³-hybridized carbons (Fsp3) is 0.105. The Balaban J connectivity index is 1.77. The van der Waals surface area contributed by atoms with Gasteiger partial charge in [-0.05, 0) is 36.8 Å². The monoisotopic (exact) mass is 334 g/mol. The molecule has 0 N–H and O–H groups in total. The summed E-state index contributed by atoms with van der Waals surface area (Å²) in [5.74, 6) is -0.325. The maximum atomic E-state index is 13.1. The molecule has 0 atom stereocenters. The van der Waals surface area contributed by atoms with Crippen LogP contribution in [0, 0.1) is 12.7 Å². The number of aryl methyl sites for hydroxylation is 1. The topological polar surface area (TPSA) is 52.7 Å². The molecule has 0 aliphatic heterocycles. The largest absolute Gasteiger partial charge is 0.294 e. The third-order valence-corrected chi connectivity index (χ3v) is 4.06. The Hall–Kier alpha value is -3.28. The van der Waals surface area contributed by atoms with Gasteiger partial charge in [-0.3, -0.25) is 9.36 Å². The highest BCUT2D eigenvalue weighted by molar-refractivity contribution is 5.74. The van der Waals surface area contributed by atoms with Crippen molar-refractivity contribution in [1.82, 2.24) is 19.3 Å². The summed E-state index contributed by atoms with van der Waals surface area (Å²) in [5, 5.41) is 4.67. The number of aromatic nitrogens is 4. The quantitative estimate of drug-likeness (QED) is 0.578. The van der Waals surface area contributed by atoms with Crippen molar-refractivity contribution in [2.75, 3.05) is 0 Å². The highest BCUT2D eigenvalue weighted by Crippen LogP contribution is 2.14. The smallest absolute Gasteiger partial charge is 0.264 e. The van der Waals surface area contributed by atoms with E-state index in [1.165, 1.54) is 29.3 Å². The minimum atomic E-state index is -0.325. The van der Waals surface area contributed by atoms with Crippen LogP contribution in [0.4, 0.5) is 4.39 Å². The standard InChI is InChI=1S/C19H15FN4O/c1-13-3-2-4-14(9-13)11-23-12-21-18-17(19(23)25)10-22-24(18)16-7-5-15(20)6-8-16/h2-10,12H,11H2,1H3. The van der Waals surface area contributed by atoms with E-state index in [-0.39, 0.29) is 11.4 Å². The molecule has 0 bridgehead atoms. The molecule has 124 valence electrons. The summed E-state index contributed by atoms with van der Waals surface area (Å²) in [5.41, 5.74) is 3.13. The first-order valence-electron chi connectivity index (χ1n) is 7.86. The van der Waals surface area contributed by atoms with Crippen molar-refractivity contribution in [3.63, 3.8) is 0 Å². The second kappa shape index (κ2) is 5.98. The Morgan fingerprint density at radius 2 is 1.92 bits per heavy atom. The molecule has 0 spiro atoms. The van der Waals surface area contributed by atoms with Crippen molar-refractivity contribution in [2.24, 2.45) is 0 Å². The van der Waals surface area contributed by atoms with E-state index in [4.69, 9.17) is 0 Å². The first kappa shape index (κ1) is 15.3. The molecule has 0 radical (unpaired) electrons. The molecule has 6 heteroatoms. The average molecular weight is 334 g/mol. The Labute approximate surface area is 143 Å². The van der Waals surface area contributed by atoms with Crippen LogP contribution < -0.4 is 5.56 Å². The lowest BCUT2D eigenvalue weighted by Crippen LogP contribution is -2.21. The van der Waals surface area contributed by atoms with E-state index < -0.39 is 0 Å². The van der Waals surface area contributed by atoms with Gasteiger partial charge in [0.2, 0.25) is 0 Å². The molecule has 0 aliphatic rings. The van der Waals surface area contributed by atoms with Crippen LogP contribution in [0.15, 0.2) is 65.8 Å². The van der Waals surface area contributed by atoms with Gasteiger partial charge in [0.15, 0.2) is 5.65 Å². The molecule has 2 aromatic carbocycles. The zero-order chi connectivity index (χ0) is 17.4. The SMILES string of the molecule is Cc1cccc(Cn2cnc3c(cnn3-c3ccc(F)cc3)c2=O)c1. The molecular weight excluding hydrogens is 319 g/mol. The number of benzene rings is 2. The van der Waals surface area contributed by atoms with Crippen LogP contribution in [0.5, 0.6) is 0 Å². The van der Waals surface area contributed by atoms with Crippen LogP contribution in [0.1, 0.15) is 11.1 Å².